The Hall–Kier alpha value is -1.12. The first kappa shape index (κ1) is 7.00. The fourth-order valence-electron chi connectivity index (χ4n) is 0.851. The molecule has 2 nitrogen and oxygen atoms in total. The van der Waals surface area contributed by atoms with Crippen molar-refractivity contribution in [1.29, 1.82) is 0 Å². The highest BCUT2D eigenvalue weighted by atomic mass is 16.5. The minimum absolute atomic E-state index is 0.880. The second kappa shape index (κ2) is 3.15. The van der Waals surface area contributed by atoms with Crippen LogP contribution in [0.5, 0.6) is 5.75 Å². The van der Waals surface area contributed by atoms with Gasteiger partial charge in [-0.15, -0.1) is 0 Å². The second-order valence-corrected chi connectivity index (χ2v) is 1.95. The molecule has 1 aromatic carbocycles. The molecule has 0 aliphatic rings. The zero-order chi connectivity index (χ0) is 7.40. The number of nitrogens with one attached hydrogen (secondary N) is 1. The van der Waals surface area contributed by atoms with E-state index < -0.39 is 0 Å². The standard InChI is InChI=1S/C7H10BNO/c1-10-7-5-3-2-4-6(7)9-8/h2-5,9H,8H2,1H3. The summed E-state index contributed by atoms with van der Waals surface area (Å²) in [7, 11) is 3.54. The predicted molar refractivity (Wildman–Crippen MR) is 45.2 cm³/mol. The van der Waals surface area contributed by atoms with Crippen LogP contribution in [0, 0.1) is 0 Å². The normalized spacial score (nSPS) is 8.90. The lowest BCUT2D eigenvalue weighted by atomic mass is 10.2. The number of benzene rings is 1. The molecule has 1 aromatic rings. The Morgan fingerprint density at radius 1 is 1.40 bits per heavy atom. The minimum atomic E-state index is 0.880. The molecule has 0 heterocycles. The summed E-state index contributed by atoms with van der Waals surface area (Å²) in [4.78, 5) is 0. The summed E-state index contributed by atoms with van der Waals surface area (Å²) < 4.78 is 5.07. The second-order valence-electron chi connectivity index (χ2n) is 1.95. The van der Waals surface area contributed by atoms with E-state index in [1.165, 1.54) is 0 Å². The first-order chi connectivity index (χ1) is 4.88. The molecule has 0 atom stereocenters. The molecule has 10 heavy (non-hydrogen) atoms. The number of hydrogen-bond donors (Lipinski definition) is 1. The molecule has 1 N–H and O–H groups in total. The van der Waals surface area contributed by atoms with Crippen molar-refractivity contribution in [1.82, 2.24) is 0 Å². The largest absolute Gasteiger partial charge is 0.495 e. The predicted octanol–water partition coefficient (Wildman–Crippen LogP) is 0.655. The van der Waals surface area contributed by atoms with E-state index in [2.05, 4.69) is 5.23 Å². The van der Waals surface area contributed by atoms with Crippen molar-refractivity contribution in [3.05, 3.63) is 24.3 Å². The Bertz CT molecular complexity index is 192. The Kier molecular flexibility index (Phi) is 2.21. The third-order valence-electron chi connectivity index (χ3n) is 1.38. The van der Waals surface area contributed by atoms with Crippen LogP contribution in [0.2, 0.25) is 0 Å². The smallest absolute Gasteiger partial charge is 0.214 e. The maximum absolute atomic E-state index is 5.07. The van der Waals surface area contributed by atoms with E-state index in [1.807, 2.05) is 32.2 Å². The van der Waals surface area contributed by atoms with E-state index in [0.29, 0.717) is 0 Å². The van der Waals surface area contributed by atoms with Gasteiger partial charge in [-0.25, -0.2) is 0 Å². The van der Waals surface area contributed by atoms with Gasteiger partial charge >= 0.3 is 0 Å². The van der Waals surface area contributed by atoms with Crippen LogP contribution in [0.1, 0.15) is 0 Å². The van der Waals surface area contributed by atoms with Crippen LogP contribution in [0.15, 0.2) is 24.3 Å². The summed E-state index contributed by atoms with van der Waals surface area (Å²) >= 11 is 0. The zero-order valence-electron chi connectivity index (χ0n) is 6.22. The maximum Gasteiger partial charge on any atom is 0.214 e. The van der Waals surface area contributed by atoms with E-state index in [4.69, 9.17) is 4.74 Å². The van der Waals surface area contributed by atoms with E-state index in [9.17, 15) is 0 Å². The molecule has 0 aliphatic carbocycles. The Labute approximate surface area is 61.6 Å². The molecule has 0 radical (unpaired) electrons. The number of rotatable bonds is 2. The Balaban J connectivity index is 2.96. The highest BCUT2D eigenvalue weighted by Crippen LogP contribution is 2.21. The third kappa shape index (κ3) is 1.24. The summed E-state index contributed by atoms with van der Waals surface area (Å²) in [6.07, 6.45) is 0. The highest BCUT2D eigenvalue weighted by Gasteiger charge is 1.94. The average molecular weight is 135 g/mol. The molecule has 0 saturated carbocycles. The molecule has 0 aliphatic heterocycles. The van der Waals surface area contributed by atoms with Crippen LogP contribution in [-0.2, 0) is 0 Å². The Morgan fingerprint density at radius 3 is 2.60 bits per heavy atom. The van der Waals surface area contributed by atoms with Gasteiger partial charge in [-0.1, -0.05) is 12.1 Å². The van der Waals surface area contributed by atoms with Crippen molar-refractivity contribution in [3.63, 3.8) is 0 Å². The van der Waals surface area contributed by atoms with Gasteiger partial charge in [-0.2, -0.15) is 0 Å². The van der Waals surface area contributed by atoms with Crippen molar-refractivity contribution < 1.29 is 4.74 Å². The first-order valence-corrected chi connectivity index (χ1v) is 3.19. The molecule has 0 spiro atoms. The molecule has 3 heteroatoms. The van der Waals surface area contributed by atoms with Gasteiger partial charge in [-0.05, 0) is 12.1 Å². The van der Waals surface area contributed by atoms with Gasteiger partial charge in [0.2, 0.25) is 7.98 Å². The van der Waals surface area contributed by atoms with Gasteiger partial charge in [0.25, 0.3) is 0 Å². The fraction of sp³-hybridized carbons (Fsp3) is 0.143. The van der Waals surface area contributed by atoms with E-state index >= 15 is 0 Å². The summed E-state index contributed by atoms with van der Waals surface area (Å²) in [6, 6.07) is 7.80. The summed E-state index contributed by atoms with van der Waals surface area (Å²) in [6.45, 7) is 0. The lowest BCUT2D eigenvalue weighted by Gasteiger charge is -2.05. The van der Waals surface area contributed by atoms with Gasteiger partial charge in [0.05, 0.1) is 12.8 Å². The molecule has 0 saturated heterocycles. The molecule has 0 amide bonds. The van der Waals surface area contributed by atoms with Gasteiger partial charge in [0, 0.05) is 0 Å². The van der Waals surface area contributed by atoms with Crippen LogP contribution in [0.3, 0.4) is 0 Å². The van der Waals surface area contributed by atoms with Crippen molar-refractivity contribution in [2.45, 2.75) is 0 Å². The van der Waals surface area contributed by atoms with Crippen molar-refractivity contribution in [2.75, 3.05) is 12.3 Å². The lowest BCUT2D eigenvalue weighted by Crippen LogP contribution is -1.93. The maximum atomic E-state index is 5.07. The molecule has 0 bridgehead atoms. The zero-order valence-corrected chi connectivity index (χ0v) is 6.22. The molecule has 52 valence electrons. The van der Waals surface area contributed by atoms with Crippen LogP contribution < -0.4 is 9.96 Å². The van der Waals surface area contributed by atoms with Crippen molar-refractivity contribution in [3.8, 4) is 5.75 Å². The Morgan fingerprint density at radius 2 is 2.10 bits per heavy atom. The van der Waals surface area contributed by atoms with Crippen molar-refractivity contribution in [2.24, 2.45) is 0 Å². The fourth-order valence-corrected chi connectivity index (χ4v) is 0.851. The van der Waals surface area contributed by atoms with Crippen LogP contribution in [0.4, 0.5) is 5.69 Å². The average Bonchev–Trinajstić information content (AvgIpc) is 2.04. The molecular formula is C7H10BNO. The van der Waals surface area contributed by atoms with E-state index in [-0.39, 0.29) is 0 Å². The van der Waals surface area contributed by atoms with Crippen LogP contribution >= 0.6 is 0 Å². The molecule has 1 rings (SSSR count). The molecular weight excluding hydrogens is 125 g/mol. The van der Waals surface area contributed by atoms with Crippen LogP contribution in [-0.4, -0.2) is 15.1 Å². The summed E-state index contributed by atoms with van der Waals surface area (Å²) in [5.74, 6) is 0.880. The SMILES string of the molecule is BNc1ccccc1OC. The number of hydrogen-bond acceptors (Lipinski definition) is 2. The first-order valence-electron chi connectivity index (χ1n) is 3.19. The topological polar surface area (TPSA) is 21.3 Å². The monoisotopic (exact) mass is 135 g/mol. The lowest BCUT2D eigenvalue weighted by molar-refractivity contribution is 0.417. The number of para-hydroxylation sites is 2. The van der Waals surface area contributed by atoms with Gasteiger partial charge in [-0.3, -0.25) is 0 Å². The molecule has 0 aromatic heterocycles. The van der Waals surface area contributed by atoms with Crippen molar-refractivity contribution >= 4 is 13.7 Å². The molecule has 0 unspecified atom stereocenters. The number of ether oxygens (including phenoxy) is 1. The number of methoxy groups -OCH3 is 1. The van der Waals surface area contributed by atoms with Gasteiger partial charge in [0.15, 0.2) is 0 Å². The third-order valence-corrected chi connectivity index (χ3v) is 1.38. The molecule has 0 fully saturated rings. The van der Waals surface area contributed by atoms with Crippen LogP contribution in [0.25, 0.3) is 0 Å². The summed E-state index contributed by atoms with van der Waals surface area (Å²) in [5, 5.41) is 3.02. The minimum Gasteiger partial charge on any atom is -0.495 e. The highest BCUT2D eigenvalue weighted by molar-refractivity contribution is 6.16. The van der Waals surface area contributed by atoms with E-state index in [1.54, 1.807) is 7.11 Å². The van der Waals surface area contributed by atoms with E-state index in [0.717, 1.165) is 11.4 Å². The summed E-state index contributed by atoms with van der Waals surface area (Å²) in [5.41, 5.74) is 1.02. The quantitative estimate of drug-likeness (QED) is 0.601. The number of anilines is 1. The van der Waals surface area contributed by atoms with Gasteiger partial charge in [0.1, 0.15) is 5.75 Å². The van der Waals surface area contributed by atoms with Gasteiger partial charge < -0.3 is 9.96 Å².